The van der Waals surface area contributed by atoms with E-state index in [0.29, 0.717) is 23.6 Å². The third-order valence-electron chi connectivity index (χ3n) is 6.43. The van der Waals surface area contributed by atoms with Crippen molar-refractivity contribution in [1.82, 2.24) is 15.7 Å². The van der Waals surface area contributed by atoms with Crippen molar-refractivity contribution >= 4 is 5.91 Å². The molecule has 1 saturated heterocycles. The van der Waals surface area contributed by atoms with Crippen LogP contribution in [0.3, 0.4) is 0 Å². The molecular formula is C19H26FN3O2. The number of fused-ring (bicyclic) bond motifs is 1. The van der Waals surface area contributed by atoms with E-state index in [-0.39, 0.29) is 11.4 Å². The summed E-state index contributed by atoms with van der Waals surface area (Å²) in [4.78, 5) is 14.0. The monoisotopic (exact) mass is 347 g/mol. The van der Waals surface area contributed by atoms with E-state index in [2.05, 4.69) is 10.2 Å². The van der Waals surface area contributed by atoms with Gasteiger partial charge in [-0.1, -0.05) is 0 Å². The molecule has 3 N–H and O–H groups in total. The maximum absolute atomic E-state index is 14.5. The molecule has 2 fully saturated rings. The van der Waals surface area contributed by atoms with Crippen LogP contribution in [0, 0.1) is 11.2 Å². The Kier molecular flexibility index (Phi) is 4.52. The Labute approximate surface area is 147 Å². The lowest BCUT2D eigenvalue weighted by molar-refractivity contribution is 0.0705. The average molecular weight is 347 g/mol. The van der Waals surface area contributed by atoms with Gasteiger partial charge in [0.25, 0.3) is 5.91 Å². The van der Waals surface area contributed by atoms with Crippen molar-refractivity contribution < 1.29 is 14.4 Å². The van der Waals surface area contributed by atoms with E-state index in [0.717, 1.165) is 31.6 Å². The number of rotatable bonds is 2. The van der Waals surface area contributed by atoms with Gasteiger partial charge in [-0.15, -0.1) is 0 Å². The van der Waals surface area contributed by atoms with Crippen LogP contribution in [0.2, 0.25) is 0 Å². The molecule has 0 bridgehead atoms. The second kappa shape index (κ2) is 6.67. The number of nitrogens with zero attached hydrogens (tertiary/aromatic N) is 1. The van der Waals surface area contributed by atoms with Gasteiger partial charge in [-0.05, 0) is 68.2 Å². The van der Waals surface area contributed by atoms with Crippen LogP contribution in [0.5, 0.6) is 0 Å². The van der Waals surface area contributed by atoms with Crippen LogP contribution in [0.1, 0.15) is 53.6 Å². The normalized spacial score (nSPS) is 29.6. The SMILES string of the molecule is O=C(NO)c1cc(F)c2c(c1)CCN(C1CCC3(CCCNC3)C1)C2. The number of hydroxylamine groups is 1. The van der Waals surface area contributed by atoms with Gasteiger partial charge in [0.15, 0.2) is 0 Å². The van der Waals surface area contributed by atoms with E-state index < -0.39 is 5.91 Å². The number of nitrogens with one attached hydrogen (secondary N) is 2. The van der Waals surface area contributed by atoms with Crippen LogP contribution in [0.15, 0.2) is 12.1 Å². The molecule has 6 heteroatoms. The smallest absolute Gasteiger partial charge is 0.274 e. The maximum Gasteiger partial charge on any atom is 0.274 e. The molecule has 0 radical (unpaired) electrons. The molecule has 1 saturated carbocycles. The summed E-state index contributed by atoms with van der Waals surface area (Å²) in [5, 5.41) is 12.3. The molecule has 4 rings (SSSR count). The van der Waals surface area contributed by atoms with Crippen LogP contribution >= 0.6 is 0 Å². The highest BCUT2D eigenvalue weighted by atomic mass is 19.1. The molecule has 1 amide bonds. The Balaban J connectivity index is 1.49. The Bertz CT molecular complexity index is 673. The fraction of sp³-hybridized carbons (Fsp3) is 0.632. The van der Waals surface area contributed by atoms with Gasteiger partial charge >= 0.3 is 0 Å². The highest BCUT2D eigenvalue weighted by Crippen LogP contribution is 2.45. The van der Waals surface area contributed by atoms with Gasteiger partial charge in [0.1, 0.15) is 5.82 Å². The van der Waals surface area contributed by atoms with E-state index in [1.807, 2.05) is 0 Å². The zero-order chi connectivity index (χ0) is 17.4. The van der Waals surface area contributed by atoms with Gasteiger partial charge in [-0.2, -0.15) is 0 Å². The summed E-state index contributed by atoms with van der Waals surface area (Å²) in [7, 11) is 0. The molecule has 1 spiro atoms. The fourth-order valence-electron chi connectivity index (χ4n) is 5.05. The van der Waals surface area contributed by atoms with Gasteiger partial charge in [-0.25, -0.2) is 9.87 Å². The number of amides is 1. The quantitative estimate of drug-likeness (QED) is 0.567. The Morgan fingerprint density at radius 3 is 3.04 bits per heavy atom. The van der Waals surface area contributed by atoms with E-state index >= 15 is 0 Å². The minimum absolute atomic E-state index is 0.181. The van der Waals surface area contributed by atoms with E-state index in [9.17, 15) is 9.18 Å². The molecule has 5 nitrogen and oxygen atoms in total. The molecule has 2 atom stereocenters. The summed E-state index contributed by atoms with van der Waals surface area (Å²) >= 11 is 0. The van der Waals surface area contributed by atoms with Crippen molar-refractivity contribution in [3.05, 3.63) is 34.6 Å². The summed E-state index contributed by atoms with van der Waals surface area (Å²) in [5.41, 5.74) is 3.81. The van der Waals surface area contributed by atoms with Crippen LogP contribution < -0.4 is 10.8 Å². The van der Waals surface area contributed by atoms with Gasteiger partial charge in [0.2, 0.25) is 0 Å². The van der Waals surface area contributed by atoms with Gasteiger partial charge in [0, 0.05) is 36.8 Å². The summed E-state index contributed by atoms with van der Waals surface area (Å²) in [6, 6.07) is 3.48. The van der Waals surface area contributed by atoms with E-state index in [1.54, 1.807) is 11.5 Å². The van der Waals surface area contributed by atoms with Crippen molar-refractivity contribution in [2.75, 3.05) is 19.6 Å². The third-order valence-corrected chi connectivity index (χ3v) is 6.43. The molecule has 136 valence electrons. The molecule has 25 heavy (non-hydrogen) atoms. The highest BCUT2D eigenvalue weighted by Gasteiger charge is 2.42. The summed E-state index contributed by atoms with van der Waals surface area (Å²) in [6.07, 6.45) is 7.01. The van der Waals surface area contributed by atoms with Crippen molar-refractivity contribution in [3.63, 3.8) is 0 Å². The predicted molar refractivity (Wildman–Crippen MR) is 91.9 cm³/mol. The first-order valence-corrected chi connectivity index (χ1v) is 9.31. The summed E-state index contributed by atoms with van der Waals surface area (Å²) < 4.78 is 14.5. The molecule has 2 unspecified atom stereocenters. The molecule has 1 aromatic carbocycles. The molecule has 1 aliphatic carbocycles. The van der Waals surface area contributed by atoms with Crippen molar-refractivity contribution in [1.29, 1.82) is 0 Å². The lowest BCUT2D eigenvalue weighted by Crippen LogP contribution is -2.42. The zero-order valence-corrected chi connectivity index (χ0v) is 14.5. The molecule has 1 aromatic rings. The zero-order valence-electron chi connectivity index (χ0n) is 14.5. The lowest BCUT2D eigenvalue weighted by atomic mass is 9.79. The number of piperidine rings is 1. The number of benzene rings is 1. The van der Waals surface area contributed by atoms with Crippen molar-refractivity contribution in [2.45, 2.75) is 51.1 Å². The number of halogens is 1. The summed E-state index contributed by atoms with van der Waals surface area (Å²) in [5.74, 6) is -1.00. The first-order valence-electron chi connectivity index (χ1n) is 9.31. The number of carbonyl (C=O) groups excluding carboxylic acids is 1. The van der Waals surface area contributed by atoms with E-state index in [4.69, 9.17) is 5.21 Å². The molecule has 2 heterocycles. The van der Waals surface area contributed by atoms with E-state index in [1.165, 1.54) is 38.2 Å². The van der Waals surface area contributed by atoms with Gasteiger partial charge in [-0.3, -0.25) is 14.9 Å². The number of carbonyl (C=O) groups is 1. The average Bonchev–Trinajstić information content (AvgIpc) is 3.04. The molecule has 2 aliphatic heterocycles. The minimum atomic E-state index is -0.660. The second-order valence-electron chi connectivity index (χ2n) is 7.93. The van der Waals surface area contributed by atoms with Crippen LogP contribution in [0.25, 0.3) is 0 Å². The van der Waals surface area contributed by atoms with Gasteiger partial charge < -0.3 is 5.32 Å². The largest absolute Gasteiger partial charge is 0.316 e. The van der Waals surface area contributed by atoms with Crippen LogP contribution in [-0.4, -0.2) is 41.7 Å². The predicted octanol–water partition coefficient (Wildman–Crippen LogP) is 2.23. The topological polar surface area (TPSA) is 64.6 Å². The lowest BCUT2D eigenvalue weighted by Gasteiger charge is -2.37. The Morgan fingerprint density at radius 2 is 2.28 bits per heavy atom. The second-order valence-corrected chi connectivity index (χ2v) is 7.93. The third kappa shape index (κ3) is 3.18. The molecule has 0 aromatic heterocycles. The summed E-state index contributed by atoms with van der Waals surface area (Å²) in [6.45, 7) is 3.79. The fourth-order valence-corrected chi connectivity index (χ4v) is 5.05. The van der Waals surface area contributed by atoms with Crippen LogP contribution in [-0.2, 0) is 13.0 Å². The standard InChI is InChI=1S/C19H26FN3O2/c20-17-9-14(18(24)22-25)8-13-3-7-23(11-16(13)17)15-2-5-19(10-15)4-1-6-21-12-19/h8-9,15,21,25H,1-7,10-12H2,(H,22,24). The van der Waals surface area contributed by atoms with Crippen molar-refractivity contribution in [3.8, 4) is 0 Å². The first kappa shape index (κ1) is 16.9. The Morgan fingerprint density at radius 1 is 1.40 bits per heavy atom. The molecule has 3 aliphatic rings. The highest BCUT2D eigenvalue weighted by molar-refractivity contribution is 5.93. The molecular weight excluding hydrogens is 321 g/mol. The first-order chi connectivity index (χ1) is 12.1. The van der Waals surface area contributed by atoms with Gasteiger partial charge in [0.05, 0.1) is 0 Å². The number of hydrogen-bond acceptors (Lipinski definition) is 4. The minimum Gasteiger partial charge on any atom is -0.316 e. The number of hydrogen-bond donors (Lipinski definition) is 3. The van der Waals surface area contributed by atoms with Crippen molar-refractivity contribution in [2.24, 2.45) is 5.41 Å². The van der Waals surface area contributed by atoms with Crippen LogP contribution in [0.4, 0.5) is 4.39 Å². The Hall–Kier alpha value is -1.50. The maximum atomic E-state index is 14.5.